The van der Waals surface area contributed by atoms with Gasteiger partial charge in [-0.15, -0.1) is 0 Å². The molecule has 1 amide bonds. The number of carbonyl (C=O) groups excluding carboxylic acids is 1. The molecule has 0 fully saturated rings. The number of methoxy groups -OCH3 is 1. The molecule has 1 aromatic carbocycles. The Kier molecular flexibility index (Phi) is 8.30. The first-order valence-electron chi connectivity index (χ1n) is 6.95. The maximum atomic E-state index is 12.3. The zero-order valence-electron chi connectivity index (χ0n) is 12.9. The van der Waals surface area contributed by atoms with E-state index in [0.717, 1.165) is 12.1 Å². The fourth-order valence-electron chi connectivity index (χ4n) is 2.03. The third kappa shape index (κ3) is 6.44. The molecule has 2 N–H and O–H groups in total. The van der Waals surface area contributed by atoms with Crippen LogP contribution in [0, 0.1) is 0 Å². The number of hydrogen-bond donors (Lipinski definition) is 2. The van der Waals surface area contributed by atoms with Crippen molar-refractivity contribution < 1.29 is 9.53 Å². The highest BCUT2D eigenvalue weighted by Crippen LogP contribution is 2.21. The van der Waals surface area contributed by atoms with Crippen LogP contribution in [0.2, 0.25) is 5.02 Å². The van der Waals surface area contributed by atoms with Crippen molar-refractivity contribution in [3.8, 4) is 0 Å². The first-order valence-corrected chi connectivity index (χ1v) is 7.33. The minimum absolute atomic E-state index is 0.0317. The quantitative estimate of drug-likeness (QED) is 0.675. The van der Waals surface area contributed by atoms with Crippen LogP contribution in [-0.4, -0.2) is 58.3 Å². The Morgan fingerprint density at radius 2 is 2.10 bits per heavy atom. The number of rotatable bonds is 9. The summed E-state index contributed by atoms with van der Waals surface area (Å²) in [6, 6.07) is 7.04. The van der Waals surface area contributed by atoms with Crippen LogP contribution in [0.4, 0.5) is 0 Å². The summed E-state index contributed by atoms with van der Waals surface area (Å²) in [5.74, 6) is -0.0317. The number of ether oxygens (including phenoxy) is 1. The summed E-state index contributed by atoms with van der Waals surface area (Å²) in [5.41, 5.74) is 0.886. The van der Waals surface area contributed by atoms with Crippen LogP contribution in [0.1, 0.15) is 11.6 Å². The van der Waals surface area contributed by atoms with Crippen molar-refractivity contribution in [2.45, 2.75) is 6.04 Å². The molecule has 0 bridgehead atoms. The lowest BCUT2D eigenvalue weighted by molar-refractivity contribution is -0.125. The van der Waals surface area contributed by atoms with Gasteiger partial charge in [-0.05, 0) is 31.8 Å². The molecule has 0 aliphatic carbocycles. The second kappa shape index (κ2) is 9.73. The molecule has 5 nitrogen and oxygen atoms in total. The normalized spacial score (nSPS) is 12.4. The summed E-state index contributed by atoms with van der Waals surface area (Å²) in [7, 11) is 5.42. The highest BCUT2D eigenvalue weighted by atomic mass is 35.5. The SMILES string of the molecule is COCCNCCNC(=O)C(c1cccc(Cl)c1)N(C)C. The lowest BCUT2D eigenvalue weighted by Gasteiger charge is -2.24. The summed E-state index contributed by atoms with van der Waals surface area (Å²) in [4.78, 5) is 14.2. The van der Waals surface area contributed by atoms with Crippen LogP contribution >= 0.6 is 11.6 Å². The lowest BCUT2D eigenvalue weighted by Crippen LogP contribution is -2.40. The summed E-state index contributed by atoms with van der Waals surface area (Å²) >= 11 is 6.00. The Balaban J connectivity index is 2.51. The third-order valence-corrected chi connectivity index (χ3v) is 3.25. The molecular formula is C15H24ClN3O2. The third-order valence-electron chi connectivity index (χ3n) is 3.01. The molecule has 0 saturated carbocycles. The van der Waals surface area contributed by atoms with E-state index in [1.165, 1.54) is 0 Å². The predicted molar refractivity (Wildman–Crippen MR) is 85.6 cm³/mol. The van der Waals surface area contributed by atoms with Crippen LogP contribution in [0.3, 0.4) is 0 Å². The smallest absolute Gasteiger partial charge is 0.241 e. The average Bonchev–Trinajstić information content (AvgIpc) is 2.42. The summed E-state index contributed by atoms with van der Waals surface area (Å²) in [6.45, 7) is 2.73. The molecule has 6 heteroatoms. The second-order valence-electron chi connectivity index (χ2n) is 4.95. The second-order valence-corrected chi connectivity index (χ2v) is 5.39. The van der Waals surface area contributed by atoms with Crippen LogP contribution in [0.5, 0.6) is 0 Å². The molecule has 1 atom stereocenters. The number of nitrogens with zero attached hydrogens (tertiary/aromatic N) is 1. The van der Waals surface area contributed by atoms with Crippen molar-refractivity contribution in [3.63, 3.8) is 0 Å². The number of amides is 1. The molecule has 0 aliphatic heterocycles. The van der Waals surface area contributed by atoms with E-state index < -0.39 is 0 Å². The molecule has 0 heterocycles. The van der Waals surface area contributed by atoms with Gasteiger partial charge in [0.25, 0.3) is 0 Å². The van der Waals surface area contributed by atoms with Gasteiger partial charge in [0.2, 0.25) is 5.91 Å². The van der Waals surface area contributed by atoms with E-state index in [4.69, 9.17) is 16.3 Å². The molecule has 0 saturated heterocycles. The fourth-order valence-corrected chi connectivity index (χ4v) is 2.23. The van der Waals surface area contributed by atoms with Gasteiger partial charge in [-0.3, -0.25) is 9.69 Å². The van der Waals surface area contributed by atoms with Crippen LogP contribution in [0.25, 0.3) is 0 Å². The number of likely N-dealkylation sites (N-methyl/N-ethyl adjacent to an activating group) is 1. The first kappa shape index (κ1) is 17.9. The molecule has 0 aliphatic rings. The maximum absolute atomic E-state index is 12.3. The molecule has 0 radical (unpaired) electrons. The van der Waals surface area contributed by atoms with Gasteiger partial charge < -0.3 is 15.4 Å². The van der Waals surface area contributed by atoms with E-state index in [9.17, 15) is 4.79 Å². The van der Waals surface area contributed by atoms with Crippen molar-refractivity contribution in [2.24, 2.45) is 0 Å². The minimum Gasteiger partial charge on any atom is -0.383 e. The highest BCUT2D eigenvalue weighted by molar-refractivity contribution is 6.30. The van der Waals surface area contributed by atoms with E-state index in [1.54, 1.807) is 13.2 Å². The van der Waals surface area contributed by atoms with Gasteiger partial charge in [0.05, 0.1) is 6.61 Å². The summed E-state index contributed by atoms with van der Waals surface area (Å²) in [5, 5.41) is 6.75. The fraction of sp³-hybridized carbons (Fsp3) is 0.533. The monoisotopic (exact) mass is 313 g/mol. The topological polar surface area (TPSA) is 53.6 Å². The Morgan fingerprint density at radius 1 is 1.33 bits per heavy atom. The van der Waals surface area contributed by atoms with E-state index in [0.29, 0.717) is 24.7 Å². The van der Waals surface area contributed by atoms with Crippen LogP contribution < -0.4 is 10.6 Å². The van der Waals surface area contributed by atoms with E-state index in [1.807, 2.05) is 37.2 Å². The number of carbonyl (C=O) groups is 1. The van der Waals surface area contributed by atoms with Crippen LogP contribution in [-0.2, 0) is 9.53 Å². The van der Waals surface area contributed by atoms with Gasteiger partial charge in [0.1, 0.15) is 6.04 Å². The van der Waals surface area contributed by atoms with E-state index >= 15 is 0 Å². The van der Waals surface area contributed by atoms with Crippen molar-refractivity contribution in [2.75, 3.05) is 47.4 Å². The first-order chi connectivity index (χ1) is 10.1. The predicted octanol–water partition coefficient (Wildman–Crippen LogP) is 1.29. The van der Waals surface area contributed by atoms with Gasteiger partial charge in [-0.2, -0.15) is 0 Å². The number of halogens is 1. The van der Waals surface area contributed by atoms with Gasteiger partial charge in [0.15, 0.2) is 0 Å². The van der Waals surface area contributed by atoms with Crippen molar-refractivity contribution >= 4 is 17.5 Å². The standard InChI is InChI=1S/C15H24ClN3O2/c1-19(2)14(12-5-4-6-13(16)11-12)15(20)18-8-7-17-9-10-21-3/h4-6,11,14,17H,7-10H2,1-3H3,(H,18,20). The van der Waals surface area contributed by atoms with Gasteiger partial charge in [0, 0.05) is 31.8 Å². The zero-order chi connectivity index (χ0) is 15.7. The van der Waals surface area contributed by atoms with Crippen LogP contribution in [0.15, 0.2) is 24.3 Å². The Labute approximate surface area is 131 Å². The van der Waals surface area contributed by atoms with E-state index in [-0.39, 0.29) is 11.9 Å². The van der Waals surface area contributed by atoms with Crippen molar-refractivity contribution in [1.82, 2.24) is 15.5 Å². The maximum Gasteiger partial charge on any atom is 0.241 e. The summed E-state index contributed by atoms with van der Waals surface area (Å²) < 4.78 is 4.94. The zero-order valence-corrected chi connectivity index (χ0v) is 13.6. The Bertz CT molecular complexity index is 441. The van der Waals surface area contributed by atoms with Crippen molar-refractivity contribution in [3.05, 3.63) is 34.9 Å². The highest BCUT2D eigenvalue weighted by Gasteiger charge is 2.22. The Hall–Kier alpha value is -1.14. The van der Waals surface area contributed by atoms with Gasteiger partial charge in [-0.1, -0.05) is 23.7 Å². The number of hydrogen-bond acceptors (Lipinski definition) is 4. The number of nitrogens with one attached hydrogen (secondary N) is 2. The lowest BCUT2D eigenvalue weighted by atomic mass is 10.1. The number of benzene rings is 1. The molecular weight excluding hydrogens is 290 g/mol. The Morgan fingerprint density at radius 3 is 2.71 bits per heavy atom. The molecule has 1 rings (SSSR count). The molecule has 1 unspecified atom stereocenters. The van der Waals surface area contributed by atoms with Gasteiger partial charge >= 0.3 is 0 Å². The molecule has 21 heavy (non-hydrogen) atoms. The van der Waals surface area contributed by atoms with E-state index in [2.05, 4.69) is 10.6 Å². The van der Waals surface area contributed by atoms with Crippen molar-refractivity contribution in [1.29, 1.82) is 0 Å². The molecule has 0 spiro atoms. The van der Waals surface area contributed by atoms with Gasteiger partial charge in [-0.25, -0.2) is 0 Å². The molecule has 1 aromatic rings. The molecule has 0 aromatic heterocycles. The summed E-state index contributed by atoms with van der Waals surface area (Å²) in [6.07, 6.45) is 0. The average molecular weight is 314 g/mol. The minimum atomic E-state index is -0.345. The largest absolute Gasteiger partial charge is 0.383 e. The molecule has 118 valence electrons.